The van der Waals surface area contributed by atoms with Gasteiger partial charge in [-0.1, -0.05) is 17.7 Å². The Morgan fingerprint density at radius 1 is 0.971 bits per heavy atom. The van der Waals surface area contributed by atoms with Gasteiger partial charge in [0.05, 0.1) is 17.0 Å². The van der Waals surface area contributed by atoms with E-state index in [1.54, 1.807) is 6.07 Å². The quantitative estimate of drug-likeness (QED) is 0.626. The number of carbonyl (C=O) groups is 2. The maximum Gasteiger partial charge on any atom is 0.253 e. The fourth-order valence-electron chi connectivity index (χ4n) is 4.30. The van der Waals surface area contributed by atoms with Crippen molar-refractivity contribution in [2.45, 2.75) is 44.9 Å². The number of amides is 2. The molecule has 2 N–H and O–H groups in total. The highest BCUT2D eigenvalue weighted by molar-refractivity contribution is 7.89. The molecule has 184 valence electrons. The second-order valence-corrected chi connectivity index (χ2v) is 11.2. The average molecular weight is 487 g/mol. The molecule has 0 unspecified atom stereocenters. The van der Waals surface area contributed by atoms with Gasteiger partial charge < -0.3 is 15.5 Å². The number of hydrogen-bond donors (Lipinski definition) is 2. The molecule has 2 amide bonds. The lowest BCUT2D eigenvalue weighted by atomic mass is 10.1. The van der Waals surface area contributed by atoms with Crippen molar-refractivity contribution in [3.8, 4) is 0 Å². The van der Waals surface area contributed by atoms with Gasteiger partial charge in [0.25, 0.3) is 5.91 Å². The highest BCUT2D eigenvalue weighted by Gasteiger charge is 2.24. The van der Waals surface area contributed by atoms with Crippen LogP contribution < -0.4 is 15.5 Å². The molecule has 1 aliphatic rings. The normalized spacial score (nSPS) is 14.2. The second kappa shape index (κ2) is 10.6. The van der Waals surface area contributed by atoms with Gasteiger partial charge in [-0.15, -0.1) is 0 Å². The van der Waals surface area contributed by atoms with Gasteiger partial charge in [0.15, 0.2) is 0 Å². The van der Waals surface area contributed by atoms with Crippen LogP contribution >= 0.6 is 0 Å². The summed E-state index contributed by atoms with van der Waals surface area (Å²) < 4.78 is 26.5. The van der Waals surface area contributed by atoms with Gasteiger partial charge >= 0.3 is 0 Å². The van der Waals surface area contributed by atoms with Crippen molar-refractivity contribution in [3.05, 3.63) is 52.6 Å². The highest BCUT2D eigenvalue weighted by Crippen LogP contribution is 2.28. The zero-order valence-corrected chi connectivity index (χ0v) is 21.4. The Morgan fingerprint density at radius 2 is 1.59 bits per heavy atom. The number of benzene rings is 2. The molecule has 0 bridgehead atoms. The zero-order chi connectivity index (χ0) is 25.0. The number of hydrogen-bond acceptors (Lipinski definition) is 5. The van der Waals surface area contributed by atoms with Crippen LogP contribution in [0.25, 0.3) is 0 Å². The van der Waals surface area contributed by atoms with Crippen LogP contribution in [0.3, 0.4) is 0 Å². The number of nitrogens with zero attached hydrogens (tertiary/aromatic N) is 2. The molecular formula is C25H34N4O4S. The summed E-state index contributed by atoms with van der Waals surface area (Å²) in [4.78, 5) is 27.9. The van der Waals surface area contributed by atoms with Gasteiger partial charge in [-0.2, -0.15) is 0 Å². The van der Waals surface area contributed by atoms with Crippen LogP contribution in [0.1, 0.15) is 46.3 Å². The molecule has 34 heavy (non-hydrogen) atoms. The molecule has 2 aromatic rings. The lowest BCUT2D eigenvalue weighted by molar-refractivity contribution is -0.115. The predicted molar refractivity (Wildman–Crippen MR) is 135 cm³/mol. The standard InChI is InChI=1S/C25H34N4O4S/c1-17-13-18(2)24(19(3)14-17)27-23(30)16-26-25(31)21-15-20(34(32,33)28(4)5)9-10-22(21)29-11-7-6-8-12-29/h9-10,13-15H,6-8,11-12,16H2,1-5H3,(H,26,31)(H,27,30). The van der Waals surface area contributed by atoms with Gasteiger partial charge in [0.2, 0.25) is 15.9 Å². The van der Waals surface area contributed by atoms with E-state index in [1.165, 1.54) is 26.2 Å². The SMILES string of the molecule is Cc1cc(C)c(NC(=O)CNC(=O)c2cc(S(=O)(=O)N(C)C)ccc2N2CCCCC2)c(C)c1. The molecule has 1 saturated heterocycles. The van der Waals surface area contributed by atoms with Crippen LogP contribution in [0.2, 0.25) is 0 Å². The monoisotopic (exact) mass is 486 g/mol. The lowest BCUT2D eigenvalue weighted by Gasteiger charge is -2.30. The van der Waals surface area contributed by atoms with E-state index in [1.807, 2.05) is 32.9 Å². The Kier molecular flexibility index (Phi) is 7.99. The van der Waals surface area contributed by atoms with E-state index in [2.05, 4.69) is 15.5 Å². The maximum atomic E-state index is 13.2. The van der Waals surface area contributed by atoms with Crippen LogP contribution in [0, 0.1) is 20.8 Å². The van der Waals surface area contributed by atoms with Crippen molar-refractivity contribution in [1.29, 1.82) is 0 Å². The number of nitrogens with one attached hydrogen (secondary N) is 2. The fourth-order valence-corrected chi connectivity index (χ4v) is 5.22. The molecule has 0 spiro atoms. The average Bonchev–Trinajstić information content (AvgIpc) is 2.79. The number of aryl methyl sites for hydroxylation is 3. The molecular weight excluding hydrogens is 452 g/mol. The second-order valence-electron chi connectivity index (χ2n) is 9.02. The summed E-state index contributed by atoms with van der Waals surface area (Å²) in [5.74, 6) is -0.830. The molecule has 0 saturated carbocycles. The minimum Gasteiger partial charge on any atom is -0.371 e. The van der Waals surface area contributed by atoms with Crippen molar-refractivity contribution in [1.82, 2.24) is 9.62 Å². The Hall–Kier alpha value is -2.91. The third kappa shape index (κ3) is 5.77. The molecule has 0 radical (unpaired) electrons. The summed E-state index contributed by atoms with van der Waals surface area (Å²) in [6, 6.07) is 8.60. The van der Waals surface area contributed by atoms with Crippen molar-refractivity contribution in [2.75, 3.05) is 43.9 Å². The molecule has 3 rings (SSSR count). The summed E-state index contributed by atoms with van der Waals surface area (Å²) in [6.45, 7) is 7.22. The van der Waals surface area contributed by atoms with E-state index in [0.717, 1.165) is 59.0 Å². The summed E-state index contributed by atoms with van der Waals surface area (Å²) >= 11 is 0. The Morgan fingerprint density at radius 3 is 2.18 bits per heavy atom. The Balaban J connectivity index is 1.82. The van der Waals surface area contributed by atoms with Gasteiger partial charge in [-0.3, -0.25) is 9.59 Å². The largest absolute Gasteiger partial charge is 0.371 e. The lowest BCUT2D eigenvalue weighted by Crippen LogP contribution is -2.36. The zero-order valence-electron chi connectivity index (χ0n) is 20.6. The number of carbonyl (C=O) groups excluding carboxylic acids is 2. The molecule has 0 atom stereocenters. The third-order valence-corrected chi connectivity index (χ3v) is 7.85. The fraction of sp³-hybridized carbons (Fsp3) is 0.440. The van der Waals surface area contributed by atoms with E-state index in [4.69, 9.17) is 0 Å². The van der Waals surface area contributed by atoms with E-state index >= 15 is 0 Å². The predicted octanol–water partition coefficient (Wildman–Crippen LogP) is 3.22. The number of rotatable bonds is 7. The smallest absolute Gasteiger partial charge is 0.253 e. The molecule has 1 aliphatic heterocycles. The van der Waals surface area contributed by atoms with E-state index in [9.17, 15) is 18.0 Å². The summed E-state index contributed by atoms with van der Waals surface area (Å²) in [6.07, 6.45) is 3.15. The Bertz CT molecular complexity index is 1160. The third-order valence-electron chi connectivity index (χ3n) is 6.04. The van der Waals surface area contributed by atoms with Crippen molar-refractivity contribution >= 4 is 33.2 Å². The molecule has 2 aromatic carbocycles. The number of anilines is 2. The Labute approximate surface area is 202 Å². The maximum absolute atomic E-state index is 13.2. The number of piperidine rings is 1. The first kappa shape index (κ1) is 25.7. The first-order valence-electron chi connectivity index (χ1n) is 11.5. The van der Waals surface area contributed by atoms with Gasteiger partial charge in [0.1, 0.15) is 0 Å². The van der Waals surface area contributed by atoms with Crippen LogP contribution in [-0.4, -0.2) is 58.3 Å². The van der Waals surface area contributed by atoms with Crippen LogP contribution in [-0.2, 0) is 14.8 Å². The highest BCUT2D eigenvalue weighted by atomic mass is 32.2. The minimum absolute atomic E-state index is 0.0405. The molecule has 0 aliphatic carbocycles. The van der Waals surface area contributed by atoms with Crippen LogP contribution in [0.5, 0.6) is 0 Å². The first-order chi connectivity index (χ1) is 16.0. The van der Waals surface area contributed by atoms with Crippen molar-refractivity contribution in [3.63, 3.8) is 0 Å². The molecule has 9 heteroatoms. The van der Waals surface area contributed by atoms with E-state index in [-0.39, 0.29) is 22.9 Å². The summed E-state index contributed by atoms with van der Waals surface area (Å²) in [5, 5.41) is 5.55. The van der Waals surface area contributed by atoms with Crippen molar-refractivity contribution < 1.29 is 18.0 Å². The van der Waals surface area contributed by atoms with Gasteiger partial charge in [-0.05, 0) is 69.4 Å². The summed E-state index contributed by atoms with van der Waals surface area (Å²) in [5.41, 5.74) is 4.68. The molecule has 1 fully saturated rings. The van der Waals surface area contributed by atoms with E-state index in [0.29, 0.717) is 5.69 Å². The topological polar surface area (TPSA) is 98.8 Å². The number of sulfonamides is 1. The van der Waals surface area contributed by atoms with Crippen LogP contribution in [0.15, 0.2) is 35.2 Å². The molecule has 8 nitrogen and oxygen atoms in total. The van der Waals surface area contributed by atoms with E-state index < -0.39 is 15.9 Å². The first-order valence-corrected chi connectivity index (χ1v) is 12.9. The molecule has 0 aromatic heterocycles. The minimum atomic E-state index is -3.71. The van der Waals surface area contributed by atoms with Gasteiger partial charge in [0, 0.05) is 38.6 Å². The molecule has 1 heterocycles. The van der Waals surface area contributed by atoms with Gasteiger partial charge in [-0.25, -0.2) is 12.7 Å². The summed E-state index contributed by atoms with van der Waals surface area (Å²) in [7, 11) is -0.807. The van der Waals surface area contributed by atoms with Crippen molar-refractivity contribution in [2.24, 2.45) is 0 Å². The van der Waals surface area contributed by atoms with Crippen LogP contribution in [0.4, 0.5) is 11.4 Å².